The lowest BCUT2D eigenvalue weighted by molar-refractivity contribution is -0.0662. The number of rotatable bonds is 4. The third-order valence-electron chi connectivity index (χ3n) is 3.46. The summed E-state index contributed by atoms with van der Waals surface area (Å²) in [6, 6.07) is 5.14. The van der Waals surface area contributed by atoms with Gasteiger partial charge < -0.3 is 15.2 Å². The Morgan fingerprint density at radius 3 is 2.95 bits per heavy atom. The summed E-state index contributed by atoms with van der Waals surface area (Å²) in [4.78, 5) is 14.3. The molecule has 0 amide bonds. The van der Waals surface area contributed by atoms with Crippen LogP contribution in [0.5, 0.6) is 0 Å². The van der Waals surface area contributed by atoms with E-state index in [0.717, 1.165) is 13.1 Å². The van der Waals surface area contributed by atoms with Crippen LogP contribution in [0.15, 0.2) is 18.2 Å². The van der Waals surface area contributed by atoms with Crippen molar-refractivity contribution < 1.29 is 14.3 Å². The summed E-state index contributed by atoms with van der Waals surface area (Å²) in [7, 11) is 0. The number of benzene rings is 1. The van der Waals surface area contributed by atoms with Gasteiger partial charge in [-0.3, -0.25) is 4.90 Å². The zero-order valence-corrected chi connectivity index (χ0v) is 13.1. The summed E-state index contributed by atoms with van der Waals surface area (Å²) in [6.07, 6.45) is -0.0957. The Hall–Kier alpha value is -1.30. The van der Waals surface area contributed by atoms with Crippen LogP contribution in [0.2, 0.25) is 5.02 Å². The predicted octanol–water partition coefficient (Wildman–Crippen LogP) is 2.19. The average molecular weight is 313 g/mol. The van der Waals surface area contributed by atoms with Gasteiger partial charge in [-0.15, -0.1) is 0 Å². The molecule has 0 spiro atoms. The molecule has 0 aliphatic carbocycles. The number of carbonyl (C=O) groups excluding carboxylic acids is 1. The van der Waals surface area contributed by atoms with Crippen molar-refractivity contribution >= 4 is 23.3 Å². The maximum absolute atomic E-state index is 12.0. The van der Waals surface area contributed by atoms with E-state index in [1.54, 1.807) is 18.2 Å². The molecule has 1 atom stereocenters. The van der Waals surface area contributed by atoms with Crippen molar-refractivity contribution in [1.29, 1.82) is 0 Å². The largest absolute Gasteiger partial charge is 0.459 e. The number of nitrogen functional groups attached to an aromatic ring is 1. The van der Waals surface area contributed by atoms with Crippen molar-refractivity contribution in [3.05, 3.63) is 28.8 Å². The molecule has 0 saturated carbocycles. The third-order valence-corrected chi connectivity index (χ3v) is 3.67. The van der Waals surface area contributed by atoms with Crippen LogP contribution >= 0.6 is 11.6 Å². The van der Waals surface area contributed by atoms with Crippen LogP contribution in [0.4, 0.5) is 5.69 Å². The number of halogens is 1. The van der Waals surface area contributed by atoms with Crippen LogP contribution in [0.25, 0.3) is 0 Å². The molecule has 0 radical (unpaired) electrons. The molecule has 5 nitrogen and oxygen atoms in total. The molecule has 1 aliphatic rings. The molecule has 1 aliphatic heterocycles. The maximum Gasteiger partial charge on any atom is 0.338 e. The van der Waals surface area contributed by atoms with Gasteiger partial charge in [-0.05, 0) is 32.0 Å². The SMILES string of the molecule is CC(C)N1CCOC(COC(=O)c2cc(N)cc(Cl)c2)C1. The summed E-state index contributed by atoms with van der Waals surface area (Å²) in [5, 5.41) is 0.418. The summed E-state index contributed by atoms with van der Waals surface area (Å²) >= 11 is 5.88. The number of carbonyl (C=O) groups is 1. The molecule has 6 heteroatoms. The minimum absolute atomic E-state index is 0.0957. The highest BCUT2D eigenvalue weighted by Crippen LogP contribution is 2.18. The van der Waals surface area contributed by atoms with Crippen LogP contribution in [0, 0.1) is 0 Å². The van der Waals surface area contributed by atoms with Crippen LogP contribution in [0.3, 0.4) is 0 Å². The fourth-order valence-electron chi connectivity index (χ4n) is 2.29. The highest BCUT2D eigenvalue weighted by atomic mass is 35.5. The fraction of sp³-hybridized carbons (Fsp3) is 0.533. The monoisotopic (exact) mass is 312 g/mol. The van der Waals surface area contributed by atoms with E-state index in [1.807, 2.05) is 0 Å². The van der Waals surface area contributed by atoms with Crippen molar-refractivity contribution in [3.63, 3.8) is 0 Å². The number of nitrogens with two attached hydrogens (primary N) is 1. The Morgan fingerprint density at radius 2 is 2.29 bits per heavy atom. The third kappa shape index (κ3) is 4.59. The van der Waals surface area contributed by atoms with Crippen LogP contribution < -0.4 is 5.73 Å². The molecule has 2 rings (SSSR count). The van der Waals surface area contributed by atoms with Crippen molar-refractivity contribution in [2.24, 2.45) is 0 Å². The van der Waals surface area contributed by atoms with Crippen molar-refractivity contribution in [3.8, 4) is 0 Å². The highest BCUT2D eigenvalue weighted by Gasteiger charge is 2.23. The van der Waals surface area contributed by atoms with E-state index in [0.29, 0.717) is 28.9 Å². The van der Waals surface area contributed by atoms with Crippen LogP contribution in [-0.4, -0.2) is 49.3 Å². The number of anilines is 1. The van der Waals surface area contributed by atoms with Gasteiger partial charge in [-0.2, -0.15) is 0 Å². The van der Waals surface area contributed by atoms with E-state index < -0.39 is 5.97 Å². The first-order valence-electron chi connectivity index (χ1n) is 7.04. The molecule has 116 valence electrons. The van der Waals surface area contributed by atoms with Gasteiger partial charge >= 0.3 is 5.97 Å². The minimum Gasteiger partial charge on any atom is -0.459 e. The van der Waals surface area contributed by atoms with Gasteiger partial charge in [0.05, 0.1) is 12.2 Å². The van der Waals surface area contributed by atoms with Crippen molar-refractivity contribution in [2.45, 2.75) is 26.0 Å². The smallest absolute Gasteiger partial charge is 0.338 e. The van der Waals surface area contributed by atoms with E-state index in [-0.39, 0.29) is 12.7 Å². The second-order valence-electron chi connectivity index (χ2n) is 5.45. The van der Waals surface area contributed by atoms with Crippen LogP contribution in [0.1, 0.15) is 24.2 Å². The lowest BCUT2D eigenvalue weighted by Crippen LogP contribution is -2.47. The topological polar surface area (TPSA) is 64.8 Å². The number of morpholine rings is 1. The highest BCUT2D eigenvalue weighted by molar-refractivity contribution is 6.31. The van der Waals surface area contributed by atoms with Gasteiger partial charge in [0.1, 0.15) is 12.7 Å². The Bertz CT molecular complexity index is 487. The summed E-state index contributed by atoms with van der Waals surface area (Å²) in [5.41, 5.74) is 6.46. The average Bonchev–Trinajstić information content (AvgIpc) is 2.44. The van der Waals surface area contributed by atoms with Crippen molar-refractivity contribution in [2.75, 3.05) is 32.0 Å². The quantitative estimate of drug-likeness (QED) is 0.682. The first kappa shape index (κ1) is 16.1. The predicted molar refractivity (Wildman–Crippen MR) is 82.6 cm³/mol. The molecule has 1 heterocycles. The lowest BCUT2D eigenvalue weighted by atomic mass is 10.2. The summed E-state index contributed by atoms with van der Waals surface area (Å²) in [5.74, 6) is -0.436. The number of ether oxygens (including phenoxy) is 2. The Balaban J connectivity index is 1.89. The maximum atomic E-state index is 12.0. The van der Waals surface area contributed by atoms with Gasteiger partial charge in [0.15, 0.2) is 0 Å². The second kappa shape index (κ2) is 7.11. The summed E-state index contributed by atoms with van der Waals surface area (Å²) < 4.78 is 10.9. The van der Waals surface area contributed by atoms with Gasteiger partial charge in [0.2, 0.25) is 0 Å². The molecule has 1 unspecified atom stereocenters. The van der Waals surface area contributed by atoms with Gasteiger partial charge in [-0.25, -0.2) is 4.79 Å². The zero-order valence-electron chi connectivity index (χ0n) is 12.3. The molecule has 1 aromatic carbocycles. The molecule has 1 saturated heterocycles. The van der Waals surface area contributed by atoms with E-state index >= 15 is 0 Å². The van der Waals surface area contributed by atoms with Gasteiger partial charge in [0, 0.05) is 29.8 Å². The van der Waals surface area contributed by atoms with E-state index in [1.165, 1.54) is 0 Å². The van der Waals surface area contributed by atoms with E-state index in [2.05, 4.69) is 18.7 Å². The fourth-order valence-corrected chi connectivity index (χ4v) is 2.54. The molecule has 0 aromatic heterocycles. The zero-order chi connectivity index (χ0) is 15.4. The Morgan fingerprint density at radius 1 is 1.52 bits per heavy atom. The molecule has 0 bridgehead atoms. The molecule has 21 heavy (non-hydrogen) atoms. The molecule has 1 aromatic rings. The van der Waals surface area contributed by atoms with E-state index in [4.69, 9.17) is 26.8 Å². The molecule has 2 N–H and O–H groups in total. The molecule has 1 fully saturated rings. The minimum atomic E-state index is -0.436. The normalized spacial score (nSPS) is 19.7. The second-order valence-corrected chi connectivity index (χ2v) is 5.89. The first-order valence-corrected chi connectivity index (χ1v) is 7.42. The van der Waals surface area contributed by atoms with Gasteiger partial charge in [-0.1, -0.05) is 11.6 Å². The van der Waals surface area contributed by atoms with Crippen LogP contribution in [-0.2, 0) is 9.47 Å². The van der Waals surface area contributed by atoms with E-state index in [9.17, 15) is 4.79 Å². The number of hydrogen-bond donors (Lipinski definition) is 1. The van der Waals surface area contributed by atoms with Crippen molar-refractivity contribution in [1.82, 2.24) is 4.90 Å². The number of nitrogens with zero attached hydrogens (tertiary/aromatic N) is 1. The number of esters is 1. The molecular weight excluding hydrogens is 292 g/mol. The Labute approximate surface area is 130 Å². The summed E-state index contributed by atoms with van der Waals surface area (Å²) in [6.45, 7) is 6.85. The van der Waals surface area contributed by atoms with Gasteiger partial charge in [0.25, 0.3) is 0 Å². The standard InChI is InChI=1S/C15H21ClN2O3/c1-10(2)18-3-4-20-14(8-18)9-21-15(19)11-5-12(16)7-13(17)6-11/h5-7,10,14H,3-4,8-9,17H2,1-2H3. The number of hydrogen-bond acceptors (Lipinski definition) is 5. The first-order chi connectivity index (χ1) is 9.95. The molecular formula is C15H21ClN2O3. The lowest BCUT2D eigenvalue weighted by Gasteiger charge is -2.35. The Kier molecular flexibility index (Phi) is 5.45.